The molecule has 1 aromatic rings. The van der Waals surface area contributed by atoms with E-state index >= 15 is 0 Å². The van der Waals surface area contributed by atoms with Crippen molar-refractivity contribution < 1.29 is 0 Å². The smallest absolute Gasteiger partial charge is 0.187 e. The van der Waals surface area contributed by atoms with Gasteiger partial charge in [0.2, 0.25) is 0 Å². The Hall–Kier alpha value is -0.0300. The minimum Gasteiger partial charge on any atom is -0.348 e. The summed E-state index contributed by atoms with van der Waals surface area (Å²) in [6.07, 6.45) is 2.36. The highest BCUT2D eigenvalue weighted by atomic mass is 35.5. The average molecular weight is 294 g/mol. The van der Waals surface area contributed by atoms with Crippen LogP contribution in [0.5, 0.6) is 0 Å². The van der Waals surface area contributed by atoms with E-state index in [1.807, 2.05) is 0 Å². The first-order valence-electron chi connectivity index (χ1n) is 5.74. The van der Waals surface area contributed by atoms with Crippen LogP contribution in [0.1, 0.15) is 17.7 Å². The van der Waals surface area contributed by atoms with Crippen LogP contribution >= 0.6 is 34.5 Å². The number of anilines is 1. The molecule has 0 spiro atoms. The summed E-state index contributed by atoms with van der Waals surface area (Å²) in [5, 5.41) is 1.58. The largest absolute Gasteiger partial charge is 0.348 e. The number of thiazole rings is 1. The van der Waals surface area contributed by atoms with Gasteiger partial charge in [0, 0.05) is 19.1 Å². The number of piperidine rings is 1. The van der Waals surface area contributed by atoms with Crippen molar-refractivity contribution in [2.45, 2.75) is 24.8 Å². The average Bonchev–Trinajstić information content (AvgIpc) is 2.70. The number of aromatic nitrogens is 1. The van der Waals surface area contributed by atoms with Crippen molar-refractivity contribution in [2.24, 2.45) is 0 Å². The fourth-order valence-corrected chi connectivity index (χ4v) is 3.64. The Morgan fingerprint density at radius 2 is 2.06 bits per heavy atom. The topological polar surface area (TPSA) is 19.4 Å². The Morgan fingerprint density at radius 1 is 1.41 bits per heavy atom. The fourth-order valence-electron chi connectivity index (χ4n) is 2.11. The van der Waals surface area contributed by atoms with Gasteiger partial charge in [-0.1, -0.05) is 22.9 Å². The van der Waals surface area contributed by atoms with Gasteiger partial charge in [0.25, 0.3) is 0 Å². The van der Waals surface area contributed by atoms with E-state index < -0.39 is 0 Å². The molecule has 1 saturated heterocycles. The second-order valence-corrected chi connectivity index (χ2v) is 6.21. The van der Waals surface area contributed by atoms with Crippen LogP contribution in [-0.2, 0) is 5.88 Å². The third-order valence-electron chi connectivity index (χ3n) is 3.23. The summed E-state index contributed by atoms with van der Waals surface area (Å²) < 4.78 is 0. The quantitative estimate of drug-likeness (QED) is 0.799. The summed E-state index contributed by atoms with van der Waals surface area (Å²) in [4.78, 5) is 9.97. The second-order valence-electron chi connectivity index (χ2n) is 4.53. The summed E-state index contributed by atoms with van der Waals surface area (Å²) in [6.45, 7) is 2.10. The molecule has 1 aliphatic heterocycles. The molecule has 0 saturated carbocycles. The number of halogens is 2. The molecule has 3 nitrogen and oxygen atoms in total. The Balaban J connectivity index is 2.00. The van der Waals surface area contributed by atoms with E-state index in [2.05, 4.69) is 28.9 Å². The van der Waals surface area contributed by atoms with Gasteiger partial charge in [0.05, 0.1) is 10.8 Å². The second kappa shape index (κ2) is 5.74. The van der Waals surface area contributed by atoms with E-state index in [4.69, 9.17) is 23.2 Å². The summed E-state index contributed by atoms with van der Waals surface area (Å²) in [5.41, 5.74) is 0. The van der Waals surface area contributed by atoms with Crippen LogP contribution < -0.4 is 4.90 Å². The zero-order valence-electron chi connectivity index (χ0n) is 10.1. The number of hydrogen-bond acceptors (Lipinski definition) is 4. The van der Waals surface area contributed by atoms with Gasteiger partial charge in [-0.15, -0.1) is 11.6 Å². The van der Waals surface area contributed by atoms with Crippen LogP contribution in [0.15, 0.2) is 0 Å². The molecule has 0 bridgehead atoms. The molecule has 1 aromatic heterocycles. The monoisotopic (exact) mass is 293 g/mol. The number of alkyl halides is 1. The van der Waals surface area contributed by atoms with Crippen molar-refractivity contribution in [3.8, 4) is 0 Å². The Bertz CT molecular complexity index is 373. The van der Waals surface area contributed by atoms with Gasteiger partial charge in [0.15, 0.2) is 5.13 Å². The Labute approximate surface area is 116 Å². The van der Waals surface area contributed by atoms with Crippen molar-refractivity contribution in [3.05, 3.63) is 10.0 Å². The van der Waals surface area contributed by atoms with Crippen molar-refractivity contribution in [3.63, 3.8) is 0 Å². The van der Waals surface area contributed by atoms with Crippen molar-refractivity contribution in [1.29, 1.82) is 0 Å². The lowest BCUT2D eigenvalue weighted by atomic mass is 10.0. The van der Waals surface area contributed by atoms with E-state index in [1.165, 1.54) is 12.8 Å². The van der Waals surface area contributed by atoms with Crippen molar-refractivity contribution >= 4 is 39.7 Å². The zero-order valence-corrected chi connectivity index (χ0v) is 12.4. The standard InChI is InChI=1S/C11H17Cl2N3S/c1-15(2)8-3-5-16(6-4-8)11-14-10(13)9(7-12)17-11/h8H,3-7H2,1-2H3. The van der Waals surface area contributed by atoms with Crippen LogP contribution in [0.25, 0.3) is 0 Å². The van der Waals surface area contributed by atoms with Crippen LogP contribution in [0.3, 0.4) is 0 Å². The highest BCUT2D eigenvalue weighted by Gasteiger charge is 2.23. The minimum atomic E-state index is 0.449. The van der Waals surface area contributed by atoms with E-state index in [9.17, 15) is 0 Å². The van der Waals surface area contributed by atoms with Crippen molar-refractivity contribution in [1.82, 2.24) is 9.88 Å². The molecule has 0 aliphatic carbocycles. The Kier molecular flexibility index (Phi) is 4.53. The van der Waals surface area contributed by atoms with Gasteiger partial charge < -0.3 is 9.80 Å². The summed E-state index contributed by atoms with van der Waals surface area (Å²) in [7, 11) is 4.29. The minimum absolute atomic E-state index is 0.449. The lowest BCUT2D eigenvalue weighted by molar-refractivity contribution is 0.249. The van der Waals surface area contributed by atoms with Gasteiger partial charge in [-0.2, -0.15) is 0 Å². The van der Waals surface area contributed by atoms with Gasteiger partial charge in [-0.3, -0.25) is 0 Å². The number of nitrogens with zero attached hydrogens (tertiary/aromatic N) is 3. The molecule has 1 fully saturated rings. The lowest BCUT2D eigenvalue weighted by Gasteiger charge is -2.34. The molecule has 2 rings (SSSR count). The third kappa shape index (κ3) is 3.05. The molecular formula is C11H17Cl2N3S. The molecule has 1 aliphatic rings. The molecule has 17 heavy (non-hydrogen) atoms. The van der Waals surface area contributed by atoms with Crippen LogP contribution in [0.2, 0.25) is 5.15 Å². The highest BCUT2D eigenvalue weighted by molar-refractivity contribution is 7.16. The molecular weight excluding hydrogens is 277 g/mol. The lowest BCUT2D eigenvalue weighted by Crippen LogP contribution is -2.41. The molecule has 2 heterocycles. The van der Waals surface area contributed by atoms with E-state index in [0.29, 0.717) is 17.1 Å². The molecule has 0 amide bonds. The maximum Gasteiger partial charge on any atom is 0.187 e. The first kappa shape index (κ1) is 13.4. The predicted molar refractivity (Wildman–Crippen MR) is 75.6 cm³/mol. The first-order chi connectivity index (χ1) is 8.11. The number of rotatable bonds is 3. The zero-order chi connectivity index (χ0) is 12.4. The molecule has 0 N–H and O–H groups in total. The van der Waals surface area contributed by atoms with Gasteiger partial charge in [-0.05, 0) is 26.9 Å². The van der Waals surface area contributed by atoms with E-state index in [1.54, 1.807) is 11.3 Å². The van der Waals surface area contributed by atoms with E-state index in [-0.39, 0.29) is 0 Å². The Morgan fingerprint density at radius 3 is 2.53 bits per heavy atom. The summed E-state index contributed by atoms with van der Waals surface area (Å²) in [6, 6.07) is 0.689. The van der Waals surface area contributed by atoms with Gasteiger partial charge in [0.1, 0.15) is 5.15 Å². The van der Waals surface area contributed by atoms with Crippen molar-refractivity contribution in [2.75, 3.05) is 32.1 Å². The van der Waals surface area contributed by atoms with E-state index in [0.717, 1.165) is 23.1 Å². The molecule has 0 radical (unpaired) electrons. The first-order valence-corrected chi connectivity index (χ1v) is 7.47. The normalized spacial score (nSPS) is 18.1. The fraction of sp³-hybridized carbons (Fsp3) is 0.727. The van der Waals surface area contributed by atoms with Crippen LogP contribution in [0.4, 0.5) is 5.13 Å². The summed E-state index contributed by atoms with van der Waals surface area (Å²) >= 11 is 13.4. The molecule has 6 heteroatoms. The predicted octanol–water partition coefficient (Wildman–Crippen LogP) is 3.07. The SMILES string of the molecule is CN(C)C1CCN(c2nc(Cl)c(CCl)s2)CC1. The molecule has 0 atom stereocenters. The summed E-state index contributed by atoms with van der Waals surface area (Å²) in [5.74, 6) is 0.449. The van der Waals surface area contributed by atoms with Crippen LogP contribution in [-0.4, -0.2) is 43.1 Å². The number of hydrogen-bond donors (Lipinski definition) is 0. The molecule has 0 aromatic carbocycles. The highest BCUT2D eigenvalue weighted by Crippen LogP contribution is 2.32. The third-order valence-corrected chi connectivity index (χ3v) is 5.19. The van der Waals surface area contributed by atoms with Crippen LogP contribution in [0, 0.1) is 0 Å². The van der Waals surface area contributed by atoms with Gasteiger partial charge >= 0.3 is 0 Å². The molecule has 0 unspecified atom stereocenters. The maximum absolute atomic E-state index is 6.02. The van der Waals surface area contributed by atoms with Gasteiger partial charge in [-0.25, -0.2) is 4.98 Å². The molecule has 96 valence electrons. The maximum atomic E-state index is 6.02.